The second-order valence-corrected chi connectivity index (χ2v) is 4.02. The molecule has 0 saturated heterocycles. The zero-order valence-corrected chi connectivity index (χ0v) is 10.3. The minimum atomic E-state index is -1.02. The van der Waals surface area contributed by atoms with Crippen LogP contribution in [0.5, 0.6) is 0 Å². The SMILES string of the molecule is Cc1cc(NC(=O)c2ccc(C(=O)O)cc2)ccn1. The summed E-state index contributed by atoms with van der Waals surface area (Å²) in [6.07, 6.45) is 1.61. The number of hydrogen-bond donors (Lipinski definition) is 2. The number of carbonyl (C=O) groups excluding carboxylic acids is 1. The summed E-state index contributed by atoms with van der Waals surface area (Å²) in [6.45, 7) is 1.83. The van der Waals surface area contributed by atoms with Gasteiger partial charge in [-0.25, -0.2) is 4.79 Å². The van der Waals surface area contributed by atoms with Crippen LogP contribution in [-0.2, 0) is 0 Å². The van der Waals surface area contributed by atoms with Crippen LogP contribution < -0.4 is 5.32 Å². The molecule has 0 atom stereocenters. The molecule has 1 aromatic heterocycles. The number of nitrogens with zero attached hydrogens (tertiary/aromatic N) is 1. The lowest BCUT2D eigenvalue weighted by Gasteiger charge is -2.05. The summed E-state index contributed by atoms with van der Waals surface area (Å²) in [4.78, 5) is 26.7. The van der Waals surface area contributed by atoms with Crippen LogP contribution >= 0.6 is 0 Å². The zero-order valence-electron chi connectivity index (χ0n) is 10.3. The van der Waals surface area contributed by atoms with Crippen LogP contribution in [0.2, 0.25) is 0 Å². The molecular weight excluding hydrogens is 244 g/mol. The molecule has 0 spiro atoms. The Balaban J connectivity index is 2.14. The van der Waals surface area contributed by atoms with Crippen molar-refractivity contribution in [2.24, 2.45) is 0 Å². The second-order valence-electron chi connectivity index (χ2n) is 4.02. The number of anilines is 1. The van der Waals surface area contributed by atoms with Gasteiger partial charge in [-0.2, -0.15) is 0 Å². The number of nitrogens with one attached hydrogen (secondary N) is 1. The molecule has 0 bridgehead atoms. The molecule has 0 aliphatic carbocycles. The third kappa shape index (κ3) is 3.16. The summed E-state index contributed by atoms with van der Waals surface area (Å²) in [5.74, 6) is -1.31. The van der Waals surface area contributed by atoms with Gasteiger partial charge < -0.3 is 10.4 Å². The molecule has 0 radical (unpaired) electrons. The molecular formula is C14H12N2O3. The van der Waals surface area contributed by atoms with Crippen molar-refractivity contribution < 1.29 is 14.7 Å². The maximum Gasteiger partial charge on any atom is 0.335 e. The Kier molecular flexibility index (Phi) is 3.56. The van der Waals surface area contributed by atoms with E-state index in [0.29, 0.717) is 11.3 Å². The van der Waals surface area contributed by atoms with Crippen molar-refractivity contribution in [1.82, 2.24) is 4.98 Å². The number of carboxylic acids is 1. The lowest BCUT2D eigenvalue weighted by Crippen LogP contribution is -2.12. The molecule has 1 amide bonds. The number of rotatable bonds is 3. The number of pyridine rings is 1. The normalized spacial score (nSPS) is 9.95. The fourth-order valence-electron chi connectivity index (χ4n) is 1.59. The van der Waals surface area contributed by atoms with Gasteiger partial charge in [-0.05, 0) is 43.3 Å². The van der Waals surface area contributed by atoms with Gasteiger partial charge in [-0.1, -0.05) is 0 Å². The number of aromatic nitrogens is 1. The Morgan fingerprint density at radius 2 is 1.74 bits per heavy atom. The van der Waals surface area contributed by atoms with Crippen molar-refractivity contribution in [2.75, 3.05) is 5.32 Å². The van der Waals surface area contributed by atoms with Crippen molar-refractivity contribution in [3.8, 4) is 0 Å². The van der Waals surface area contributed by atoms with Crippen LogP contribution in [0, 0.1) is 6.92 Å². The molecule has 2 N–H and O–H groups in total. The van der Waals surface area contributed by atoms with Gasteiger partial charge in [0.1, 0.15) is 0 Å². The van der Waals surface area contributed by atoms with E-state index in [4.69, 9.17) is 5.11 Å². The standard InChI is InChI=1S/C14H12N2O3/c1-9-8-12(6-7-15-9)16-13(17)10-2-4-11(5-3-10)14(18)19/h2-8H,1H3,(H,18,19)(H,15,16,17). The molecule has 2 aromatic rings. The number of aromatic carboxylic acids is 1. The highest BCUT2D eigenvalue weighted by molar-refractivity contribution is 6.04. The summed E-state index contributed by atoms with van der Waals surface area (Å²) in [5, 5.41) is 11.5. The van der Waals surface area contributed by atoms with E-state index in [9.17, 15) is 9.59 Å². The van der Waals surface area contributed by atoms with Crippen LogP contribution in [0.3, 0.4) is 0 Å². The molecule has 96 valence electrons. The van der Waals surface area contributed by atoms with E-state index >= 15 is 0 Å². The van der Waals surface area contributed by atoms with Gasteiger partial charge in [0.15, 0.2) is 0 Å². The van der Waals surface area contributed by atoms with Crippen molar-refractivity contribution >= 4 is 17.6 Å². The molecule has 5 nitrogen and oxygen atoms in total. The highest BCUT2D eigenvalue weighted by atomic mass is 16.4. The van der Waals surface area contributed by atoms with Crippen LogP contribution in [0.25, 0.3) is 0 Å². The summed E-state index contributed by atoms with van der Waals surface area (Å²) in [5.41, 5.74) is 2.01. The molecule has 0 aliphatic rings. The average molecular weight is 256 g/mol. The van der Waals surface area contributed by atoms with Crippen LogP contribution in [-0.4, -0.2) is 22.0 Å². The molecule has 1 aromatic carbocycles. The minimum Gasteiger partial charge on any atom is -0.478 e. The largest absolute Gasteiger partial charge is 0.478 e. The molecule has 0 unspecified atom stereocenters. The highest BCUT2D eigenvalue weighted by Crippen LogP contribution is 2.10. The van der Waals surface area contributed by atoms with Gasteiger partial charge in [0, 0.05) is 23.1 Å². The lowest BCUT2D eigenvalue weighted by molar-refractivity contribution is 0.0696. The van der Waals surface area contributed by atoms with E-state index in [1.165, 1.54) is 24.3 Å². The fraction of sp³-hybridized carbons (Fsp3) is 0.0714. The smallest absolute Gasteiger partial charge is 0.335 e. The first-order chi connectivity index (χ1) is 9.06. The Bertz CT molecular complexity index is 621. The van der Waals surface area contributed by atoms with Gasteiger partial charge in [-0.3, -0.25) is 9.78 Å². The first-order valence-electron chi connectivity index (χ1n) is 5.63. The number of carboxylic acid groups (broad SMARTS) is 1. The Morgan fingerprint density at radius 1 is 1.11 bits per heavy atom. The van der Waals surface area contributed by atoms with Crippen LogP contribution in [0.15, 0.2) is 42.6 Å². The summed E-state index contributed by atoms with van der Waals surface area (Å²) < 4.78 is 0. The third-order valence-electron chi connectivity index (χ3n) is 2.55. The molecule has 0 fully saturated rings. The van der Waals surface area contributed by atoms with Crippen molar-refractivity contribution in [1.29, 1.82) is 0 Å². The van der Waals surface area contributed by atoms with Crippen LogP contribution in [0.1, 0.15) is 26.4 Å². The maximum absolute atomic E-state index is 11.9. The summed E-state index contributed by atoms with van der Waals surface area (Å²) in [6, 6.07) is 9.20. The van der Waals surface area contributed by atoms with Gasteiger partial charge in [-0.15, -0.1) is 0 Å². The Morgan fingerprint density at radius 3 is 2.32 bits per heavy atom. The maximum atomic E-state index is 11.9. The number of amides is 1. The quantitative estimate of drug-likeness (QED) is 0.883. The van der Waals surface area contributed by atoms with E-state index in [-0.39, 0.29) is 11.5 Å². The van der Waals surface area contributed by atoms with Gasteiger partial charge in [0.2, 0.25) is 0 Å². The highest BCUT2D eigenvalue weighted by Gasteiger charge is 2.08. The predicted molar refractivity (Wildman–Crippen MR) is 70.3 cm³/mol. The van der Waals surface area contributed by atoms with Crippen molar-refractivity contribution in [3.05, 3.63) is 59.4 Å². The number of carbonyl (C=O) groups is 2. The average Bonchev–Trinajstić information content (AvgIpc) is 2.39. The number of benzene rings is 1. The predicted octanol–water partition coefficient (Wildman–Crippen LogP) is 2.34. The first kappa shape index (κ1) is 12.8. The lowest BCUT2D eigenvalue weighted by atomic mass is 10.1. The molecule has 1 heterocycles. The topological polar surface area (TPSA) is 79.3 Å². The summed E-state index contributed by atoms with van der Waals surface area (Å²) >= 11 is 0. The third-order valence-corrected chi connectivity index (χ3v) is 2.55. The van der Waals surface area contributed by atoms with E-state index < -0.39 is 5.97 Å². The van der Waals surface area contributed by atoms with Crippen molar-refractivity contribution in [3.63, 3.8) is 0 Å². The molecule has 2 rings (SSSR count). The zero-order chi connectivity index (χ0) is 13.8. The van der Waals surface area contributed by atoms with E-state index in [1.54, 1.807) is 18.3 Å². The first-order valence-corrected chi connectivity index (χ1v) is 5.63. The molecule has 0 aliphatic heterocycles. The number of hydrogen-bond acceptors (Lipinski definition) is 3. The number of aryl methyl sites for hydroxylation is 1. The van der Waals surface area contributed by atoms with Gasteiger partial charge >= 0.3 is 5.97 Å². The van der Waals surface area contributed by atoms with E-state index in [0.717, 1.165) is 5.69 Å². The van der Waals surface area contributed by atoms with E-state index in [1.807, 2.05) is 6.92 Å². The van der Waals surface area contributed by atoms with E-state index in [2.05, 4.69) is 10.3 Å². The molecule has 0 saturated carbocycles. The summed E-state index contributed by atoms with van der Waals surface area (Å²) in [7, 11) is 0. The van der Waals surface area contributed by atoms with Crippen LogP contribution in [0.4, 0.5) is 5.69 Å². The minimum absolute atomic E-state index is 0.149. The van der Waals surface area contributed by atoms with Gasteiger partial charge in [0.05, 0.1) is 5.56 Å². The molecule has 19 heavy (non-hydrogen) atoms. The fourth-order valence-corrected chi connectivity index (χ4v) is 1.59. The monoisotopic (exact) mass is 256 g/mol. The Labute approximate surface area is 109 Å². The second kappa shape index (κ2) is 5.30. The Hall–Kier alpha value is -2.69. The van der Waals surface area contributed by atoms with Crippen molar-refractivity contribution in [2.45, 2.75) is 6.92 Å². The van der Waals surface area contributed by atoms with Gasteiger partial charge in [0.25, 0.3) is 5.91 Å². The molecule has 5 heteroatoms.